The van der Waals surface area contributed by atoms with E-state index in [1.54, 1.807) is 9.80 Å². The van der Waals surface area contributed by atoms with Gasteiger partial charge in [-0.05, 0) is 46.5 Å². The molecule has 6 heteroatoms. The van der Waals surface area contributed by atoms with Crippen LogP contribution in [0.25, 0.3) is 0 Å². The SMILES string of the molecule is CC(C)(C)OC(=O)N1CCCC1C(=O)N1CCC(O)CC1. The Labute approximate surface area is 126 Å². The second-order valence-electron chi connectivity index (χ2n) is 6.89. The monoisotopic (exact) mass is 298 g/mol. The predicted molar refractivity (Wildman–Crippen MR) is 77.8 cm³/mol. The van der Waals surface area contributed by atoms with Crippen molar-refractivity contribution in [3.05, 3.63) is 0 Å². The highest BCUT2D eigenvalue weighted by molar-refractivity contribution is 5.86. The first-order chi connectivity index (χ1) is 9.78. The number of aliphatic hydroxyl groups is 1. The van der Waals surface area contributed by atoms with Gasteiger partial charge < -0.3 is 14.7 Å². The van der Waals surface area contributed by atoms with E-state index in [4.69, 9.17) is 4.74 Å². The molecule has 2 aliphatic heterocycles. The predicted octanol–water partition coefficient (Wildman–Crippen LogP) is 1.37. The number of ether oxygens (including phenoxy) is 1. The summed E-state index contributed by atoms with van der Waals surface area (Å²) in [6.07, 6.45) is 2.04. The van der Waals surface area contributed by atoms with Crippen LogP contribution in [-0.2, 0) is 9.53 Å². The van der Waals surface area contributed by atoms with Crippen LogP contribution < -0.4 is 0 Å². The first-order valence-electron chi connectivity index (χ1n) is 7.74. The summed E-state index contributed by atoms with van der Waals surface area (Å²) in [5.74, 6) is -0.00902. The van der Waals surface area contributed by atoms with Crippen LogP contribution in [0.3, 0.4) is 0 Å². The molecule has 2 rings (SSSR count). The van der Waals surface area contributed by atoms with Crippen molar-refractivity contribution in [2.45, 2.75) is 64.2 Å². The van der Waals surface area contributed by atoms with E-state index in [0.717, 1.165) is 6.42 Å². The summed E-state index contributed by atoms with van der Waals surface area (Å²) >= 11 is 0. The lowest BCUT2D eigenvalue weighted by molar-refractivity contribution is -0.137. The molecule has 0 aromatic rings. The lowest BCUT2D eigenvalue weighted by Gasteiger charge is -2.34. The number of hydrogen-bond acceptors (Lipinski definition) is 4. The minimum absolute atomic E-state index is 0.00902. The van der Waals surface area contributed by atoms with E-state index in [9.17, 15) is 14.7 Å². The summed E-state index contributed by atoms with van der Waals surface area (Å²) in [5.41, 5.74) is -0.553. The molecular weight excluding hydrogens is 272 g/mol. The average Bonchev–Trinajstić information content (AvgIpc) is 2.86. The van der Waals surface area contributed by atoms with E-state index in [-0.39, 0.29) is 12.0 Å². The Morgan fingerprint density at radius 3 is 2.29 bits per heavy atom. The summed E-state index contributed by atoms with van der Waals surface area (Å²) in [6.45, 7) is 7.18. The van der Waals surface area contributed by atoms with Crippen molar-refractivity contribution in [2.24, 2.45) is 0 Å². The van der Waals surface area contributed by atoms with Crippen LogP contribution >= 0.6 is 0 Å². The molecule has 1 N–H and O–H groups in total. The molecule has 0 spiro atoms. The minimum atomic E-state index is -0.553. The standard InChI is InChI=1S/C15H26N2O4/c1-15(2,3)21-14(20)17-8-4-5-12(17)13(19)16-9-6-11(18)7-10-16/h11-12,18H,4-10H2,1-3H3. The third-order valence-electron chi connectivity index (χ3n) is 3.94. The van der Waals surface area contributed by atoms with E-state index >= 15 is 0 Å². The summed E-state index contributed by atoms with van der Waals surface area (Å²) < 4.78 is 5.38. The van der Waals surface area contributed by atoms with Gasteiger partial charge in [0, 0.05) is 19.6 Å². The molecule has 21 heavy (non-hydrogen) atoms. The molecule has 6 nitrogen and oxygen atoms in total. The Balaban J connectivity index is 1.98. The second kappa shape index (κ2) is 6.22. The molecule has 0 saturated carbocycles. The Kier molecular flexibility index (Phi) is 4.76. The van der Waals surface area contributed by atoms with E-state index in [2.05, 4.69) is 0 Å². The molecule has 2 fully saturated rings. The fourth-order valence-electron chi connectivity index (χ4n) is 2.86. The van der Waals surface area contributed by atoms with E-state index < -0.39 is 17.7 Å². The maximum Gasteiger partial charge on any atom is 0.410 e. The number of nitrogens with zero attached hydrogens (tertiary/aromatic N) is 2. The minimum Gasteiger partial charge on any atom is -0.444 e. The van der Waals surface area contributed by atoms with Crippen molar-refractivity contribution in [3.8, 4) is 0 Å². The van der Waals surface area contributed by atoms with Gasteiger partial charge in [-0.1, -0.05) is 0 Å². The topological polar surface area (TPSA) is 70.1 Å². The van der Waals surface area contributed by atoms with Crippen molar-refractivity contribution in [1.29, 1.82) is 0 Å². The molecule has 2 amide bonds. The van der Waals surface area contributed by atoms with Crippen LogP contribution in [-0.4, -0.2) is 64.3 Å². The largest absolute Gasteiger partial charge is 0.444 e. The molecule has 0 bridgehead atoms. The number of carbonyl (C=O) groups excluding carboxylic acids is 2. The fraction of sp³-hybridized carbons (Fsp3) is 0.867. The van der Waals surface area contributed by atoms with Crippen LogP contribution in [0.4, 0.5) is 4.79 Å². The smallest absolute Gasteiger partial charge is 0.410 e. The van der Waals surface area contributed by atoms with E-state index in [0.29, 0.717) is 38.9 Å². The van der Waals surface area contributed by atoms with Gasteiger partial charge in [0.1, 0.15) is 11.6 Å². The van der Waals surface area contributed by atoms with Crippen LogP contribution in [0.15, 0.2) is 0 Å². The molecule has 2 aliphatic rings. The summed E-state index contributed by atoms with van der Waals surface area (Å²) in [7, 11) is 0. The first kappa shape index (κ1) is 16.1. The number of piperidine rings is 1. The van der Waals surface area contributed by atoms with Crippen LogP contribution in [0.5, 0.6) is 0 Å². The zero-order valence-electron chi connectivity index (χ0n) is 13.2. The van der Waals surface area contributed by atoms with Crippen molar-refractivity contribution >= 4 is 12.0 Å². The molecule has 2 heterocycles. The normalized spacial score (nSPS) is 24.3. The number of carbonyl (C=O) groups is 2. The molecule has 0 aromatic carbocycles. The molecule has 0 aromatic heterocycles. The summed E-state index contributed by atoms with van der Waals surface area (Å²) in [6, 6.07) is -0.407. The van der Waals surface area contributed by atoms with E-state index in [1.165, 1.54) is 0 Å². The Morgan fingerprint density at radius 2 is 1.71 bits per heavy atom. The highest BCUT2D eigenvalue weighted by atomic mass is 16.6. The maximum atomic E-state index is 12.6. The third-order valence-corrected chi connectivity index (χ3v) is 3.94. The van der Waals surface area contributed by atoms with Gasteiger partial charge in [0.2, 0.25) is 5.91 Å². The quantitative estimate of drug-likeness (QED) is 0.794. The van der Waals surface area contributed by atoms with Gasteiger partial charge in [-0.25, -0.2) is 4.79 Å². The van der Waals surface area contributed by atoms with Gasteiger partial charge in [0.05, 0.1) is 6.10 Å². The molecule has 2 saturated heterocycles. The number of rotatable bonds is 1. The van der Waals surface area contributed by atoms with Gasteiger partial charge in [-0.2, -0.15) is 0 Å². The van der Waals surface area contributed by atoms with E-state index in [1.807, 2.05) is 20.8 Å². The van der Waals surface area contributed by atoms with Gasteiger partial charge in [-0.3, -0.25) is 9.69 Å². The van der Waals surface area contributed by atoms with Gasteiger partial charge in [0.25, 0.3) is 0 Å². The summed E-state index contributed by atoms with van der Waals surface area (Å²) in [4.78, 5) is 28.1. The zero-order chi connectivity index (χ0) is 15.6. The second-order valence-corrected chi connectivity index (χ2v) is 6.89. The van der Waals surface area contributed by atoms with Gasteiger partial charge >= 0.3 is 6.09 Å². The molecule has 1 unspecified atom stereocenters. The lowest BCUT2D eigenvalue weighted by atomic mass is 10.1. The zero-order valence-corrected chi connectivity index (χ0v) is 13.2. The van der Waals surface area contributed by atoms with Crippen LogP contribution in [0, 0.1) is 0 Å². The average molecular weight is 298 g/mol. The summed E-state index contributed by atoms with van der Waals surface area (Å²) in [5, 5.41) is 9.52. The van der Waals surface area contributed by atoms with Crippen molar-refractivity contribution < 1.29 is 19.4 Å². The Morgan fingerprint density at radius 1 is 1.10 bits per heavy atom. The number of amides is 2. The highest BCUT2D eigenvalue weighted by Gasteiger charge is 2.39. The Hall–Kier alpha value is -1.30. The molecule has 0 aliphatic carbocycles. The molecular formula is C15H26N2O4. The lowest BCUT2D eigenvalue weighted by Crippen LogP contribution is -2.51. The van der Waals surface area contributed by atoms with Gasteiger partial charge in [-0.15, -0.1) is 0 Å². The third kappa shape index (κ3) is 4.09. The van der Waals surface area contributed by atoms with Gasteiger partial charge in [0.15, 0.2) is 0 Å². The van der Waals surface area contributed by atoms with Crippen molar-refractivity contribution in [2.75, 3.05) is 19.6 Å². The molecule has 1 atom stereocenters. The molecule has 120 valence electrons. The number of likely N-dealkylation sites (tertiary alicyclic amines) is 2. The van der Waals surface area contributed by atoms with Crippen LogP contribution in [0.1, 0.15) is 46.5 Å². The highest BCUT2D eigenvalue weighted by Crippen LogP contribution is 2.23. The van der Waals surface area contributed by atoms with Crippen molar-refractivity contribution in [1.82, 2.24) is 9.80 Å². The van der Waals surface area contributed by atoms with Crippen molar-refractivity contribution in [3.63, 3.8) is 0 Å². The molecule has 0 radical (unpaired) electrons. The number of hydrogen-bond donors (Lipinski definition) is 1. The fourth-order valence-corrected chi connectivity index (χ4v) is 2.86. The van der Waals surface area contributed by atoms with Crippen LogP contribution in [0.2, 0.25) is 0 Å². The Bertz CT molecular complexity index is 397. The number of aliphatic hydroxyl groups excluding tert-OH is 1. The first-order valence-corrected chi connectivity index (χ1v) is 7.74. The maximum absolute atomic E-state index is 12.6.